The highest BCUT2D eigenvalue weighted by Gasteiger charge is 2.26. The van der Waals surface area contributed by atoms with E-state index in [0.717, 1.165) is 13.0 Å². The van der Waals surface area contributed by atoms with E-state index in [0.29, 0.717) is 13.0 Å². The quantitative estimate of drug-likeness (QED) is 0.630. The van der Waals surface area contributed by atoms with Crippen molar-refractivity contribution in [2.24, 2.45) is 0 Å². The molecule has 16 heavy (non-hydrogen) atoms. The number of halogens is 1. The summed E-state index contributed by atoms with van der Waals surface area (Å²) in [6.07, 6.45) is 0.824. The topological polar surface area (TPSA) is 60.9 Å². The van der Waals surface area contributed by atoms with Crippen LogP contribution in [0.15, 0.2) is 0 Å². The monoisotopic (exact) mass is 292 g/mol. The average Bonchev–Trinajstić information content (AvgIpc) is 2.70. The number of aliphatic hydroxyl groups is 1. The van der Waals surface area contributed by atoms with Gasteiger partial charge in [-0.15, -0.1) is 0 Å². The van der Waals surface area contributed by atoms with E-state index in [1.807, 2.05) is 7.05 Å². The van der Waals surface area contributed by atoms with E-state index in [9.17, 15) is 9.59 Å². The fourth-order valence-electron chi connectivity index (χ4n) is 1.58. The molecule has 2 saturated heterocycles. The second kappa shape index (κ2) is 5.63. The molecule has 2 amide bonds. The Morgan fingerprint density at radius 1 is 1.12 bits per heavy atom. The molecule has 2 fully saturated rings. The van der Waals surface area contributed by atoms with Crippen LogP contribution in [0.5, 0.6) is 0 Å². The smallest absolute Gasteiger partial charge is 0.251 e. The van der Waals surface area contributed by atoms with Crippen LogP contribution in [-0.2, 0) is 9.59 Å². The first-order valence-corrected chi connectivity index (χ1v) is 6.17. The number of hydrogen-bond donors (Lipinski definition) is 1. The molecule has 2 aliphatic heterocycles. The van der Waals surface area contributed by atoms with Crippen molar-refractivity contribution in [1.82, 2.24) is 9.80 Å². The molecule has 5 nitrogen and oxygen atoms in total. The summed E-state index contributed by atoms with van der Waals surface area (Å²) in [7, 11) is 3.52. The maximum atomic E-state index is 10.8. The molecule has 2 atom stereocenters. The summed E-state index contributed by atoms with van der Waals surface area (Å²) in [5.41, 5.74) is 0. The maximum absolute atomic E-state index is 10.8. The number of nitrogens with zero attached hydrogens (tertiary/aromatic N) is 2. The number of likely N-dealkylation sites (tertiary alicyclic amines) is 2. The minimum absolute atomic E-state index is 0.0903. The molecule has 0 aromatic carbocycles. The molecule has 2 heterocycles. The Bertz CT molecular complexity index is 233. The minimum atomic E-state index is -0.722. The van der Waals surface area contributed by atoms with Gasteiger partial charge in [0.2, 0.25) is 5.91 Å². The van der Waals surface area contributed by atoms with Crippen molar-refractivity contribution < 1.29 is 14.7 Å². The molecule has 0 bridgehead atoms. The zero-order chi connectivity index (χ0) is 12.3. The molecule has 0 aromatic rings. The number of rotatable bonds is 0. The second-order valence-electron chi connectivity index (χ2n) is 4.08. The summed E-state index contributed by atoms with van der Waals surface area (Å²) in [6, 6.07) is 0. The third kappa shape index (κ3) is 3.18. The SMILES string of the molecule is CN1CCC(Br)C1=O.CN1CCC(O)C1=O. The fourth-order valence-corrected chi connectivity index (χ4v) is 2.14. The van der Waals surface area contributed by atoms with Gasteiger partial charge < -0.3 is 14.9 Å². The molecule has 0 radical (unpaired) electrons. The van der Waals surface area contributed by atoms with Crippen LogP contribution in [0.1, 0.15) is 12.8 Å². The van der Waals surface area contributed by atoms with Gasteiger partial charge in [0.25, 0.3) is 5.91 Å². The molecule has 2 unspecified atom stereocenters. The summed E-state index contributed by atoms with van der Waals surface area (Å²) in [4.78, 5) is 24.7. The highest BCUT2D eigenvalue weighted by atomic mass is 79.9. The van der Waals surface area contributed by atoms with Gasteiger partial charge in [-0.3, -0.25) is 9.59 Å². The van der Waals surface area contributed by atoms with Gasteiger partial charge in [-0.25, -0.2) is 0 Å². The van der Waals surface area contributed by atoms with Gasteiger partial charge in [-0.1, -0.05) is 15.9 Å². The van der Waals surface area contributed by atoms with E-state index >= 15 is 0 Å². The molecule has 2 aliphatic rings. The molecular weight excluding hydrogens is 276 g/mol. The summed E-state index contributed by atoms with van der Waals surface area (Å²) in [6.45, 7) is 1.59. The van der Waals surface area contributed by atoms with Gasteiger partial charge in [0, 0.05) is 27.2 Å². The number of carbonyl (C=O) groups excluding carboxylic acids is 2. The normalized spacial score (nSPS) is 29.5. The van der Waals surface area contributed by atoms with Gasteiger partial charge in [0.1, 0.15) is 6.10 Å². The Balaban J connectivity index is 0.000000160. The number of hydrogen-bond acceptors (Lipinski definition) is 3. The van der Waals surface area contributed by atoms with Crippen LogP contribution in [0.25, 0.3) is 0 Å². The van der Waals surface area contributed by atoms with Crippen molar-refractivity contribution in [3.05, 3.63) is 0 Å². The van der Waals surface area contributed by atoms with E-state index in [4.69, 9.17) is 5.11 Å². The van der Waals surface area contributed by atoms with E-state index in [-0.39, 0.29) is 16.6 Å². The van der Waals surface area contributed by atoms with E-state index in [2.05, 4.69) is 15.9 Å². The third-order valence-corrected chi connectivity index (χ3v) is 3.61. The van der Waals surface area contributed by atoms with Crippen LogP contribution in [0, 0.1) is 0 Å². The minimum Gasteiger partial charge on any atom is -0.383 e. The first kappa shape index (κ1) is 13.4. The fraction of sp³-hybridized carbons (Fsp3) is 0.800. The van der Waals surface area contributed by atoms with Crippen LogP contribution in [0.2, 0.25) is 0 Å². The Morgan fingerprint density at radius 2 is 1.62 bits per heavy atom. The molecule has 0 aromatic heterocycles. The lowest BCUT2D eigenvalue weighted by Crippen LogP contribution is -2.24. The van der Waals surface area contributed by atoms with Gasteiger partial charge >= 0.3 is 0 Å². The number of amides is 2. The van der Waals surface area contributed by atoms with Gasteiger partial charge in [0.15, 0.2) is 0 Å². The van der Waals surface area contributed by atoms with Gasteiger partial charge in [0.05, 0.1) is 4.83 Å². The third-order valence-electron chi connectivity index (χ3n) is 2.76. The van der Waals surface area contributed by atoms with Crippen molar-refractivity contribution in [3.8, 4) is 0 Å². The van der Waals surface area contributed by atoms with Crippen LogP contribution in [-0.4, -0.2) is 64.8 Å². The van der Waals surface area contributed by atoms with Gasteiger partial charge in [-0.2, -0.15) is 0 Å². The molecular formula is C10H17BrN2O3. The lowest BCUT2D eigenvalue weighted by atomic mass is 10.3. The van der Waals surface area contributed by atoms with Gasteiger partial charge in [-0.05, 0) is 12.8 Å². The number of likely N-dealkylation sites (N-methyl/N-ethyl adjacent to an activating group) is 1. The molecule has 92 valence electrons. The predicted molar refractivity (Wildman–Crippen MR) is 63.2 cm³/mol. The number of aliphatic hydroxyl groups excluding tert-OH is 1. The largest absolute Gasteiger partial charge is 0.383 e. The summed E-state index contributed by atoms with van der Waals surface area (Å²) in [5.74, 6) is 0.0648. The van der Waals surface area contributed by atoms with Crippen LogP contribution in [0.3, 0.4) is 0 Å². The predicted octanol–water partition coefficient (Wildman–Crippen LogP) is -0.179. The van der Waals surface area contributed by atoms with Crippen molar-refractivity contribution in [2.45, 2.75) is 23.8 Å². The van der Waals surface area contributed by atoms with Crippen LogP contribution >= 0.6 is 15.9 Å². The van der Waals surface area contributed by atoms with Crippen molar-refractivity contribution in [1.29, 1.82) is 0 Å². The Hall–Kier alpha value is -0.620. The molecule has 2 rings (SSSR count). The molecule has 0 aliphatic carbocycles. The summed E-state index contributed by atoms with van der Waals surface area (Å²) < 4.78 is 0. The Labute approximate surface area is 104 Å². The van der Waals surface area contributed by atoms with Crippen molar-refractivity contribution in [2.75, 3.05) is 27.2 Å². The zero-order valence-electron chi connectivity index (χ0n) is 9.52. The Morgan fingerprint density at radius 3 is 1.75 bits per heavy atom. The first-order chi connectivity index (χ1) is 7.43. The average molecular weight is 293 g/mol. The molecule has 0 saturated carbocycles. The van der Waals surface area contributed by atoms with E-state index in [1.54, 1.807) is 11.9 Å². The highest BCUT2D eigenvalue weighted by Crippen LogP contribution is 2.15. The lowest BCUT2D eigenvalue weighted by molar-refractivity contribution is -0.133. The summed E-state index contributed by atoms with van der Waals surface area (Å²) >= 11 is 3.25. The number of alkyl halides is 1. The van der Waals surface area contributed by atoms with Crippen LogP contribution in [0.4, 0.5) is 0 Å². The van der Waals surface area contributed by atoms with Crippen molar-refractivity contribution >= 4 is 27.7 Å². The molecule has 6 heteroatoms. The first-order valence-electron chi connectivity index (χ1n) is 5.25. The Kier molecular flexibility index (Phi) is 4.73. The van der Waals surface area contributed by atoms with Crippen LogP contribution < -0.4 is 0 Å². The maximum Gasteiger partial charge on any atom is 0.251 e. The number of carbonyl (C=O) groups is 2. The second-order valence-corrected chi connectivity index (χ2v) is 5.19. The lowest BCUT2D eigenvalue weighted by Gasteiger charge is -2.04. The standard InChI is InChI=1S/C5H8BrNO.C5H9NO2/c1-7-3-2-4(6)5(7)8;1-6-3-2-4(7)5(6)8/h4H,2-3H2,1H3;4,7H,2-3H2,1H3. The zero-order valence-corrected chi connectivity index (χ0v) is 11.1. The van der Waals surface area contributed by atoms with E-state index < -0.39 is 6.10 Å². The highest BCUT2D eigenvalue weighted by molar-refractivity contribution is 9.10. The molecule has 0 spiro atoms. The van der Waals surface area contributed by atoms with E-state index in [1.165, 1.54) is 4.90 Å². The summed E-state index contributed by atoms with van der Waals surface area (Å²) in [5, 5.41) is 8.78. The molecule has 1 N–H and O–H groups in total. The van der Waals surface area contributed by atoms with Crippen molar-refractivity contribution in [3.63, 3.8) is 0 Å².